The van der Waals surface area contributed by atoms with Crippen molar-refractivity contribution in [2.24, 2.45) is 0 Å². The van der Waals surface area contributed by atoms with Crippen LogP contribution in [0.4, 0.5) is 0 Å². The van der Waals surface area contributed by atoms with Crippen LogP contribution in [0.5, 0.6) is 0 Å². The third-order valence-electron chi connectivity index (χ3n) is 4.30. The monoisotopic (exact) mass is 308 g/mol. The molecule has 0 bridgehead atoms. The zero-order valence-corrected chi connectivity index (χ0v) is 12.4. The van der Waals surface area contributed by atoms with Crippen LogP contribution in [-0.2, 0) is 17.6 Å². The molecule has 0 fully saturated rings. The van der Waals surface area contributed by atoms with Crippen LogP contribution in [0.15, 0.2) is 53.1 Å². The maximum absolute atomic E-state index is 12.4. The molecule has 0 saturated heterocycles. The summed E-state index contributed by atoms with van der Waals surface area (Å²) < 4.78 is 5.22. The number of para-hydroxylation sites is 1. The molecular formula is C18H16N2O3. The summed E-state index contributed by atoms with van der Waals surface area (Å²) >= 11 is 0. The van der Waals surface area contributed by atoms with Crippen molar-refractivity contribution in [1.82, 2.24) is 10.5 Å². The van der Waals surface area contributed by atoms with Gasteiger partial charge in [-0.1, -0.05) is 41.6 Å². The molecule has 5 nitrogen and oxygen atoms in total. The van der Waals surface area contributed by atoms with Crippen molar-refractivity contribution in [3.8, 4) is 0 Å². The standard InChI is InChI=1S/C18H16N2O3/c21-15-9-11-5-1-2-6-12(11)18(15)19-17(22)10-14-13-7-3-4-8-16(13)23-20-14/h1-8,15,18,21H,9-10H2,(H,19,22). The van der Waals surface area contributed by atoms with Gasteiger partial charge in [-0.15, -0.1) is 0 Å². The number of nitrogens with zero attached hydrogens (tertiary/aromatic N) is 1. The number of fused-ring (bicyclic) bond motifs is 2. The Labute approximate surface area is 132 Å². The zero-order chi connectivity index (χ0) is 15.8. The molecule has 1 aliphatic rings. The number of benzene rings is 2. The molecule has 2 unspecified atom stereocenters. The Morgan fingerprint density at radius 3 is 2.91 bits per heavy atom. The molecule has 2 N–H and O–H groups in total. The molecule has 1 heterocycles. The van der Waals surface area contributed by atoms with E-state index in [0.29, 0.717) is 17.7 Å². The summed E-state index contributed by atoms with van der Waals surface area (Å²) in [5.41, 5.74) is 3.34. The van der Waals surface area contributed by atoms with Gasteiger partial charge in [-0.3, -0.25) is 4.79 Å². The lowest BCUT2D eigenvalue weighted by atomic mass is 10.1. The van der Waals surface area contributed by atoms with Crippen LogP contribution in [-0.4, -0.2) is 22.3 Å². The van der Waals surface area contributed by atoms with Crippen molar-refractivity contribution in [2.75, 3.05) is 0 Å². The fourth-order valence-electron chi connectivity index (χ4n) is 3.19. The van der Waals surface area contributed by atoms with Crippen molar-refractivity contribution in [3.05, 3.63) is 65.4 Å². The Hall–Kier alpha value is -2.66. The Kier molecular flexibility index (Phi) is 3.35. The van der Waals surface area contributed by atoms with E-state index in [0.717, 1.165) is 16.5 Å². The summed E-state index contributed by atoms with van der Waals surface area (Å²) in [6.45, 7) is 0. The van der Waals surface area contributed by atoms with E-state index in [2.05, 4.69) is 10.5 Å². The van der Waals surface area contributed by atoms with E-state index in [-0.39, 0.29) is 18.4 Å². The third-order valence-corrected chi connectivity index (χ3v) is 4.30. The van der Waals surface area contributed by atoms with Gasteiger partial charge in [0.1, 0.15) is 5.69 Å². The normalized spacial score (nSPS) is 19.7. The fourth-order valence-corrected chi connectivity index (χ4v) is 3.19. The number of aromatic nitrogens is 1. The van der Waals surface area contributed by atoms with Gasteiger partial charge in [0, 0.05) is 11.8 Å². The van der Waals surface area contributed by atoms with Crippen LogP contribution >= 0.6 is 0 Å². The van der Waals surface area contributed by atoms with Crippen molar-refractivity contribution >= 4 is 16.9 Å². The van der Waals surface area contributed by atoms with Gasteiger partial charge in [0.05, 0.1) is 18.6 Å². The Balaban J connectivity index is 1.52. The lowest BCUT2D eigenvalue weighted by molar-refractivity contribution is -0.122. The molecule has 0 radical (unpaired) electrons. The van der Waals surface area contributed by atoms with Gasteiger partial charge in [0.2, 0.25) is 5.91 Å². The van der Waals surface area contributed by atoms with Crippen molar-refractivity contribution in [2.45, 2.75) is 25.0 Å². The Morgan fingerprint density at radius 2 is 2.00 bits per heavy atom. The summed E-state index contributed by atoms with van der Waals surface area (Å²) in [7, 11) is 0. The molecule has 1 amide bonds. The van der Waals surface area contributed by atoms with E-state index < -0.39 is 6.10 Å². The third kappa shape index (κ3) is 2.49. The minimum atomic E-state index is -0.592. The number of amides is 1. The second-order valence-electron chi connectivity index (χ2n) is 5.82. The van der Waals surface area contributed by atoms with E-state index in [1.54, 1.807) is 0 Å². The smallest absolute Gasteiger partial charge is 0.226 e. The van der Waals surface area contributed by atoms with E-state index in [9.17, 15) is 9.90 Å². The van der Waals surface area contributed by atoms with Gasteiger partial charge in [0.15, 0.2) is 5.58 Å². The van der Waals surface area contributed by atoms with Crippen LogP contribution in [0.25, 0.3) is 11.0 Å². The molecule has 2 atom stereocenters. The summed E-state index contributed by atoms with van der Waals surface area (Å²) in [4.78, 5) is 12.4. The molecule has 2 aromatic carbocycles. The average Bonchev–Trinajstić information content (AvgIpc) is 3.10. The topological polar surface area (TPSA) is 75.4 Å². The lowest BCUT2D eigenvalue weighted by Gasteiger charge is -2.17. The fraction of sp³-hybridized carbons (Fsp3) is 0.222. The van der Waals surface area contributed by atoms with Crippen molar-refractivity contribution in [3.63, 3.8) is 0 Å². The maximum Gasteiger partial charge on any atom is 0.226 e. The first-order valence-electron chi connectivity index (χ1n) is 7.61. The maximum atomic E-state index is 12.4. The van der Waals surface area contributed by atoms with Gasteiger partial charge < -0.3 is 14.9 Å². The highest BCUT2D eigenvalue weighted by atomic mass is 16.5. The molecule has 1 aromatic heterocycles. The predicted octanol–water partition coefficient (Wildman–Crippen LogP) is 2.14. The lowest BCUT2D eigenvalue weighted by Crippen LogP contribution is -2.34. The molecule has 1 aliphatic carbocycles. The summed E-state index contributed by atoms with van der Waals surface area (Å²) in [6.07, 6.45) is 0.0987. The first-order chi connectivity index (χ1) is 11.2. The summed E-state index contributed by atoms with van der Waals surface area (Å²) in [5.74, 6) is -0.176. The number of hydrogen-bond acceptors (Lipinski definition) is 4. The molecule has 0 spiro atoms. The van der Waals surface area contributed by atoms with Crippen LogP contribution in [0, 0.1) is 0 Å². The quantitative estimate of drug-likeness (QED) is 0.777. The molecule has 23 heavy (non-hydrogen) atoms. The number of hydrogen-bond donors (Lipinski definition) is 2. The molecule has 3 aromatic rings. The number of aliphatic hydroxyl groups is 1. The first-order valence-corrected chi connectivity index (χ1v) is 7.61. The molecule has 0 saturated carbocycles. The van der Waals surface area contributed by atoms with Gasteiger partial charge >= 0.3 is 0 Å². The highest BCUT2D eigenvalue weighted by Gasteiger charge is 2.32. The minimum Gasteiger partial charge on any atom is -0.390 e. The zero-order valence-electron chi connectivity index (χ0n) is 12.4. The predicted molar refractivity (Wildman–Crippen MR) is 84.7 cm³/mol. The molecule has 5 heteroatoms. The number of aliphatic hydroxyl groups excluding tert-OH is 1. The molecule has 0 aliphatic heterocycles. The average molecular weight is 308 g/mol. The summed E-state index contributed by atoms with van der Waals surface area (Å²) in [5, 5.41) is 17.9. The molecular weight excluding hydrogens is 292 g/mol. The van der Waals surface area contributed by atoms with Crippen LogP contribution in [0.3, 0.4) is 0 Å². The summed E-state index contributed by atoms with van der Waals surface area (Å²) in [6, 6.07) is 14.9. The van der Waals surface area contributed by atoms with E-state index >= 15 is 0 Å². The number of nitrogens with one attached hydrogen (secondary N) is 1. The van der Waals surface area contributed by atoms with Crippen molar-refractivity contribution < 1.29 is 14.4 Å². The number of rotatable bonds is 3. The molecule has 4 rings (SSSR count). The SMILES string of the molecule is O=C(Cc1noc2ccccc12)NC1c2ccccc2CC1O. The van der Waals surface area contributed by atoms with Gasteiger partial charge in [-0.05, 0) is 23.3 Å². The van der Waals surface area contributed by atoms with Crippen LogP contribution in [0.2, 0.25) is 0 Å². The highest BCUT2D eigenvalue weighted by molar-refractivity contribution is 5.86. The number of carbonyl (C=O) groups is 1. The van der Waals surface area contributed by atoms with Crippen molar-refractivity contribution in [1.29, 1.82) is 0 Å². The van der Waals surface area contributed by atoms with E-state index in [1.165, 1.54) is 0 Å². The first kappa shape index (κ1) is 14.0. The van der Waals surface area contributed by atoms with E-state index in [4.69, 9.17) is 4.52 Å². The number of carbonyl (C=O) groups excluding carboxylic acids is 1. The van der Waals surface area contributed by atoms with Crippen LogP contribution < -0.4 is 5.32 Å². The largest absolute Gasteiger partial charge is 0.390 e. The highest BCUT2D eigenvalue weighted by Crippen LogP contribution is 2.31. The van der Waals surface area contributed by atoms with E-state index in [1.807, 2.05) is 48.5 Å². The second kappa shape index (κ2) is 5.52. The Bertz CT molecular complexity index is 871. The minimum absolute atomic E-state index is 0.127. The Morgan fingerprint density at radius 1 is 1.22 bits per heavy atom. The second-order valence-corrected chi connectivity index (χ2v) is 5.82. The van der Waals surface area contributed by atoms with Gasteiger partial charge in [0.25, 0.3) is 0 Å². The van der Waals surface area contributed by atoms with Gasteiger partial charge in [-0.25, -0.2) is 0 Å². The molecule has 116 valence electrons. The van der Waals surface area contributed by atoms with Gasteiger partial charge in [-0.2, -0.15) is 0 Å². The van der Waals surface area contributed by atoms with Crippen LogP contribution in [0.1, 0.15) is 22.9 Å².